The van der Waals surface area contributed by atoms with Crippen molar-refractivity contribution in [1.82, 2.24) is 4.57 Å². The number of rotatable bonds is 5. The minimum absolute atomic E-state index is 0.128. The molecule has 1 N–H and O–H groups in total. The first-order valence-electron chi connectivity index (χ1n) is 5.92. The fourth-order valence-electron chi connectivity index (χ4n) is 1.80. The van der Waals surface area contributed by atoms with Gasteiger partial charge in [0.2, 0.25) is 0 Å². The van der Waals surface area contributed by atoms with Gasteiger partial charge in [-0.25, -0.2) is 4.39 Å². The summed E-state index contributed by atoms with van der Waals surface area (Å²) in [7, 11) is 0. The highest BCUT2D eigenvalue weighted by Gasteiger charge is 2.14. The van der Waals surface area contributed by atoms with Gasteiger partial charge in [-0.2, -0.15) is 0 Å². The molecule has 19 heavy (non-hydrogen) atoms. The predicted octanol–water partition coefficient (Wildman–Crippen LogP) is 3.17. The van der Waals surface area contributed by atoms with Crippen molar-refractivity contribution in [2.24, 2.45) is 0 Å². The van der Waals surface area contributed by atoms with Gasteiger partial charge in [0.15, 0.2) is 0 Å². The third-order valence-corrected chi connectivity index (χ3v) is 2.82. The molecular weight excluding hydrogens is 249 g/mol. The second-order valence-electron chi connectivity index (χ2n) is 4.12. The molecule has 0 radical (unpaired) electrons. The van der Waals surface area contributed by atoms with E-state index in [0.717, 1.165) is 30.3 Å². The highest BCUT2D eigenvalue weighted by molar-refractivity contribution is 5.61. The van der Waals surface area contributed by atoms with Crippen LogP contribution in [0, 0.1) is 15.9 Å². The van der Waals surface area contributed by atoms with E-state index in [0.29, 0.717) is 6.54 Å². The largest absolute Gasteiger partial charge is 0.375 e. The number of aromatic nitrogens is 1. The quantitative estimate of drug-likeness (QED) is 0.665. The van der Waals surface area contributed by atoms with Crippen LogP contribution >= 0.6 is 0 Å². The van der Waals surface area contributed by atoms with Crippen molar-refractivity contribution in [3.63, 3.8) is 0 Å². The Labute approximate surface area is 109 Å². The van der Waals surface area contributed by atoms with Crippen LogP contribution in [0.5, 0.6) is 0 Å². The summed E-state index contributed by atoms with van der Waals surface area (Å²) in [6.07, 6.45) is 3.87. The van der Waals surface area contributed by atoms with Gasteiger partial charge < -0.3 is 9.88 Å². The summed E-state index contributed by atoms with van der Waals surface area (Å²) in [4.78, 5) is 10.3. The third-order valence-electron chi connectivity index (χ3n) is 2.82. The molecule has 0 fully saturated rings. The second-order valence-corrected chi connectivity index (χ2v) is 4.12. The molecule has 5 nitrogen and oxygen atoms in total. The average molecular weight is 263 g/mol. The van der Waals surface area contributed by atoms with E-state index in [1.165, 1.54) is 0 Å². The minimum Gasteiger partial charge on any atom is -0.375 e. The maximum Gasteiger partial charge on any atom is 0.292 e. The highest BCUT2D eigenvalue weighted by Crippen LogP contribution is 2.25. The van der Waals surface area contributed by atoms with Crippen molar-refractivity contribution in [2.45, 2.75) is 20.0 Å². The average Bonchev–Trinajstić information content (AvgIpc) is 2.84. The fourth-order valence-corrected chi connectivity index (χ4v) is 1.80. The Kier molecular flexibility index (Phi) is 3.79. The van der Waals surface area contributed by atoms with Crippen LogP contribution in [0.25, 0.3) is 0 Å². The fraction of sp³-hybridized carbons (Fsp3) is 0.231. The maximum atomic E-state index is 13.1. The standard InChI is InChI=1S/C13H14FN3O2/c1-2-16-6-5-10(9-16)8-15-12-7-11(14)3-4-13(12)17(18)19/h3-7,9,15H,2,8H2,1H3. The Bertz CT molecular complexity index is 595. The maximum absolute atomic E-state index is 13.1. The molecule has 100 valence electrons. The van der Waals surface area contributed by atoms with Crippen molar-refractivity contribution in [1.29, 1.82) is 0 Å². The SMILES string of the molecule is CCn1ccc(CNc2cc(F)ccc2[N+](=O)[O-])c1. The van der Waals surface area contributed by atoms with Crippen molar-refractivity contribution in [3.05, 3.63) is 58.2 Å². The first-order valence-corrected chi connectivity index (χ1v) is 5.92. The number of halogens is 1. The van der Waals surface area contributed by atoms with Gasteiger partial charge >= 0.3 is 0 Å². The van der Waals surface area contributed by atoms with Crippen LogP contribution in [-0.4, -0.2) is 9.49 Å². The molecule has 0 amide bonds. The van der Waals surface area contributed by atoms with Crippen molar-refractivity contribution in [2.75, 3.05) is 5.32 Å². The summed E-state index contributed by atoms with van der Waals surface area (Å²) in [5.41, 5.74) is 1.05. The van der Waals surface area contributed by atoms with E-state index < -0.39 is 10.7 Å². The number of benzene rings is 1. The molecule has 0 aliphatic carbocycles. The van der Waals surface area contributed by atoms with Gasteiger partial charge in [0.05, 0.1) is 4.92 Å². The smallest absolute Gasteiger partial charge is 0.292 e. The first kappa shape index (κ1) is 13.1. The lowest BCUT2D eigenvalue weighted by molar-refractivity contribution is -0.384. The molecule has 0 spiro atoms. The van der Waals surface area contributed by atoms with Gasteiger partial charge in [-0.05, 0) is 24.6 Å². The Morgan fingerprint density at radius 1 is 1.42 bits per heavy atom. The molecular formula is C13H14FN3O2. The van der Waals surface area contributed by atoms with Gasteiger partial charge in [0.1, 0.15) is 11.5 Å². The second kappa shape index (κ2) is 5.51. The summed E-state index contributed by atoms with van der Waals surface area (Å²) in [6, 6.07) is 5.29. The Morgan fingerprint density at radius 2 is 2.21 bits per heavy atom. The van der Waals surface area contributed by atoms with Crippen molar-refractivity contribution >= 4 is 11.4 Å². The summed E-state index contributed by atoms with van der Waals surface area (Å²) >= 11 is 0. The lowest BCUT2D eigenvalue weighted by Crippen LogP contribution is -2.02. The van der Waals surface area contributed by atoms with Crippen molar-refractivity contribution in [3.8, 4) is 0 Å². The number of nitro benzene ring substituents is 1. The molecule has 1 heterocycles. The summed E-state index contributed by atoms with van der Waals surface area (Å²) < 4.78 is 15.1. The monoisotopic (exact) mass is 263 g/mol. The van der Waals surface area contributed by atoms with E-state index >= 15 is 0 Å². The van der Waals surface area contributed by atoms with E-state index in [9.17, 15) is 14.5 Å². The lowest BCUT2D eigenvalue weighted by atomic mass is 10.2. The van der Waals surface area contributed by atoms with Gasteiger partial charge in [0, 0.05) is 37.6 Å². The number of nitrogens with zero attached hydrogens (tertiary/aromatic N) is 2. The number of nitrogens with one attached hydrogen (secondary N) is 1. The molecule has 1 aromatic carbocycles. The minimum atomic E-state index is -0.529. The molecule has 0 aliphatic rings. The molecule has 6 heteroatoms. The van der Waals surface area contributed by atoms with Crippen LogP contribution in [-0.2, 0) is 13.1 Å². The van der Waals surface area contributed by atoms with Crippen LogP contribution in [0.15, 0.2) is 36.7 Å². The Hall–Kier alpha value is -2.37. The third kappa shape index (κ3) is 3.09. The van der Waals surface area contributed by atoms with Crippen LogP contribution in [0.1, 0.15) is 12.5 Å². The molecule has 1 aromatic heterocycles. The molecule has 2 rings (SSSR count). The topological polar surface area (TPSA) is 60.1 Å². The van der Waals surface area contributed by atoms with Crippen molar-refractivity contribution < 1.29 is 9.31 Å². The molecule has 0 saturated heterocycles. The van der Waals surface area contributed by atoms with Crippen LogP contribution in [0.4, 0.5) is 15.8 Å². The van der Waals surface area contributed by atoms with Crippen LogP contribution < -0.4 is 5.32 Å². The first-order chi connectivity index (χ1) is 9.10. The molecule has 0 atom stereocenters. The number of anilines is 1. The van der Waals surface area contributed by atoms with E-state index in [1.54, 1.807) is 0 Å². The highest BCUT2D eigenvalue weighted by atomic mass is 19.1. The van der Waals surface area contributed by atoms with E-state index in [4.69, 9.17) is 0 Å². The van der Waals surface area contributed by atoms with Gasteiger partial charge in [-0.15, -0.1) is 0 Å². The molecule has 0 aliphatic heterocycles. The zero-order valence-corrected chi connectivity index (χ0v) is 10.5. The van der Waals surface area contributed by atoms with Gasteiger partial charge in [-0.3, -0.25) is 10.1 Å². The van der Waals surface area contributed by atoms with Crippen LogP contribution in [0.2, 0.25) is 0 Å². The molecule has 2 aromatic rings. The van der Waals surface area contributed by atoms with Gasteiger partial charge in [-0.1, -0.05) is 0 Å². The zero-order valence-electron chi connectivity index (χ0n) is 10.5. The number of aryl methyl sites for hydroxylation is 1. The number of hydrogen-bond acceptors (Lipinski definition) is 3. The van der Waals surface area contributed by atoms with Crippen LogP contribution in [0.3, 0.4) is 0 Å². The van der Waals surface area contributed by atoms with Gasteiger partial charge in [0.25, 0.3) is 5.69 Å². The Morgan fingerprint density at radius 3 is 2.84 bits per heavy atom. The van der Waals surface area contributed by atoms with E-state index in [1.807, 2.05) is 30.0 Å². The molecule has 0 unspecified atom stereocenters. The summed E-state index contributed by atoms with van der Waals surface area (Å²) in [5.74, 6) is -0.501. The summed E-state index contributed by atoms with van der Waals surface area (Å²) in [5, 5.41) is 13.7. The number of nitro groups is 1. The molecule has 0 bridgehead atoms. The zero-order chi connectivity index (χ0) is 13.8. The number of hydrogen-bond donors (Lipinski definition) is 1. The Balaban J connectivity index is 2.14. The predicted molar refractivity (Wildman–Crippen MR) is 70.5 cm³/mol. The lowest BCUT2D eigenvalue weighted by Gasteiger charge is -2.06. The normalized spacial score (nSPS) is 10.4. The van der Waals surface area contributed by atoms with E-state index in [2.05, 4.69) is 5.32 Å². The van der Waals surface area contributed by atoms with E-state index in [-0.39, 0.29) is 11.4 Å². The summed E-state index contributed by atoms with van der Waals surface area (Å²) in [6.45, 7) is 3.30. The molecule has 0 saturated carbocycles.